The predicted molar refractivity (Wildman–Crippen MR) is 54.9 cm³/mol. The molecule has 0 radical (unpaired) electrons. The van der Waals surface area contributed by atoms with Crippen LogP contribution in [-0.4, -0.2) is 18.1 Å². The Labute approximate surface area is 79.2 Å². The number of carbonyl (C=O) groups is 1. The molecule has 0 heterocycles. The van der Waals surface area contributed by atoms with Gasteiger partial charge in [0.05, 0.1) is 5.56 Å². The second-order valence-electron chi connectivity index (χ2n) is 1.67. The van der Waals surface area contributed by atoms with E-state index < -0.39 is 5.97 Å². The van der Waals surface area contributed by atoms with Crippen LogP contribution in [0.15, 0.2) is 30.3 Å². The van der Waals surface area contributed by atoms with Crippen LogP contribution in [0.5, 0.6) is 0 Å². The van der Waals surface area contributed by atoms with Crippen LogP contribution in [0.3, 0.4) is 0 Å². The molecule has 13 heavy (non-hydrogen) atoms. The molecular weight excluding hydrogens is 166 g/mol. The molecule has 3 heteroatoms. The minimum absolute atomic E-state index is 0.331. The summed E-state index contributed by atoms with van der Waals surface area (Å²) < 4.78 is 0. The molecule has 0 aliphatic heterocycles. The van der Waals surface area contributed by atoms with E-state index in [0.29, 0.717) is 5.56 Å². The number of carboxylic acid groups (broad SMARTS) is 1. The summed E-state index contributed by atoms with van der Waals surface area (Å²) in [6.45, 7) is 4.00. The first-order chi connectivity index (χ1) is 6.30. The second-order valence-corrected chi connectivity index (χ2v) is 1.67. The summed E-state index contributed by atoms with van der Waals surface area (Å²) in [6.07, 6.45) is 0. The Morgan fingerprint density at radius 1 is 1.15 bits per heavy atom. The van der Waals surface area contributed by atoms with Crippen molar-refractivity contribution >= 4 is 5.97 Å². The molecular formula is C10H17NO2. The fraction of sp³-hybridized carbons (Fsp3) is 0.300. The Balaban J connectivity index is 0. The van der Waals surface area contributed by atoms with E-state index in [1.807, 2.05) is 13.8 Å². The maximum atomic E-state index is 10.2. The molecule has 0 saturated carbocycles. The largest absolute Gasteiger partial charge is 0.478 e. The van der Waals surface area contributed by atoms with Crippen molar-refractivity contribution in [2.24, 2.45) is 5.73 Å². The number of hydrogen-bond acceptors (Lipinski definition) is 2. The minimum atomic E-state index is -0.879. The van der Waals surface area contributed by atoms with Crippen molar-refractivity contribution in [3.63, 3.8) is 0 Å². The van der Waals surface area contributed by atoms with Crippen LogP contribution in [0.4, 0.5) is 0 Å². The average Bonchev–Trinajstić information content (AvgIpc) is 2.25. The topological polar surface area (TPSA) is 63.3 Å². The first-order valence-corrected chi connectivity index (χ1v) is 4.17. The Morgan fingerprint density at radius 2 is 1.54 bits per heavy atom. The van der Waals surface area contributed by atoms with Crippen LogP contribution in [-0.2, 0) is 0 Å². The SMILES string of the molecule is CC.CN.O=C(O)c1ccccc1. The van der Waals surface area contributed by atoms with Crippen LogP contribution < -0.4 is 5.73 Å². The number of benzene rings is 1. The number of rotatable bonds is 1. The highest BCUT2D eigenvalue weighted by Gasteiger charge is 1.96. The molecule has 0 unspecified atom stereocenters. The van der Waals surface area contributed by atoms with Crippen molar-refractivity contribution in [1.29, 1.82) is 0 Å². The van der Waals surface area contributed by atoms with Crippen molar-refractivity contribution < 1.29 is 9.90 Å². The van der Waals surface area contributed by atoms with Crippen molar-refractivity contribution in [3.05, 3.63) is 35.9 Å². The number of carboxylic acids is 1. The normalized spacial score (nSPS) is 7.08. The molecule has 3 N–H and O–H groups in total. The molecule has 0 amide bonds. The van der Waals surface area contributed by atoms with Gasteiger partial charge in [-0.1, -0.05) is 32.0 Å². The smallest absolute Gasteiger partial charge is 0.335 e. The Kier molecular flexibility index (Phi) is 11.6. The van der Waals surface area contributed by atoms with Crippen molar-refractivity contribution in [3.8, 4) is 0 Å². The molecule has 3 nitrogen and oxygen atoms in total. The zero-order valence-electron chi connectivity index (χ0n) is 8.32. The molecule has 0 fully saturated rings. The highest BCUT2D eigenvalue weighted by molar-refractivity contribution is 5.87. The van der Waals surface area contributed by atoms with Crippen LogP contribution in [0.1, 0.15) is 24.2 Å². The van der Waals surface area contributed by atoms with Gasteiger partial charge in [0.2, 0.25) is 0 Å². The molecule has 0 atom stereocenters. The van der Waals surface area contributed by atoms with Crippen LogP contribution in [0, 0.1) is 0 Å². The third-order valence-corrected chi connectivity index (χ3v) is 1.02. The van der Waals surface area contributed by atoms with Gasteiger partial charge in [-0.3, -0.25) is 0 Å². The number of hydrogen-bond donors (Lipinski definition) is 2. The lowest BCUT2D eigenvalue weighted by atomic mass is 10.2. The van der Waals surface area contributed by atoms with Crippen molar-refractivity contribution in [2.75, 3.05) is 7.05 Å². The van der Waals surface area contributed by atoms with Gasteiger partial charge in [0.15, 0.2) is 0 Å². The lowest BCUT2D eigenvalue weighted by molar-refractivity contribution is 0.0697. The van der Waals surface area contributed by atoms with E-state index in [2.05, 4.69) is 5.73 Å². The molecule has 1 aromatic rings. The number of aromatic carboxylic acids is 1. The summed E-state index contributed by atoms with van der Waals surface area (Å²) in [7, 11) is 1.50. The second kappa shape index (κ2) is 10.7. The quantitative estimate of drug-likeness (QED) is 0.699. The van der Waals surface area contributed by atoms with Crippen molar-refractivity contribution in [1.82, 2.24) is 0 Å². The molecule has 0 aromatic heterocycles. The summed E-state index contributed by atoms with van der Waals surface area (Å²) in [4.78, 5) is 10.2. The van der Waals surface area contributed by atoms with Gasteiger partial charge in [-0.15, -0.1) is 0 Å². The van der Waals surface area contributed by atoms with Gasteiger partial charge in [-0.2, -0.15) is 0 Å². The van der Waals surface area contributed by atoms with E-state index in [-0.39, 0.29) is 0 Å². The molecule has 0 aliphatic carbocycles. The molecule has 0 aliphatic rings. The zero-order chi connectivity index (χ0) is 10.7. The van der Waals surface area contributed by atoms with Gasteiger partial charge in [-0.25, -0.2) is 4.79 Å². The van der Waals surface area contributed by atoms with Gasteiger partial charge >= 0.3 is 5.97 Å². The summed E-state index contributed by atoms with van der Waals surface area (Å²) in [5.41, 5.74) is 4.83. The van der Waals surface area contributed by atoms with Gasteiger partial charge in [0.1, 0.15) is 0 Å². The van der Waals surface area contributed by atoms with Crippen LogP contribution >= 0.6 is 0 Å². The summed E-state index contributed by atoms with van der Waals surface area (Å²) >= 11 is 0. The Morgan fingerprint density at radius 3 is 1.77 bits per heavy atom. The molecule has 0 bridgehead atoms. The minimum Gasteiger partial charge on any atom is -0.478 e. The maximum Gasteiger partial charge on any atom is 0.335 e. The van der Waals surface area contributed by atoms with Crippen molar-refractivity contribution in [2.45, 2.75) is 13.8 Å². The molecule has 74 valence electrons. The van der Waals surface area contributed by atoms with Gasteiger partial charge < -0.3 is 10.8 Å². The fourth-order valence-corrected chi connectivity index (χ4v) is 0.581. The first kappa shape index (κ1) is 14.2. The van der Waals surface area contributed by atoms with E-state index >= 15 is 0 Å². The molecule has 0 spiro atoms. The monoisotopic (exact) mass is 183 g/mol. The first-order valence-electron chi connectivity index (χ1n) is 4.17. The van der Waals surface area contributed by atoms with E-state index in [1.165, 1.54) is 7.05 Å². The third-order valence-electron chi connectivity index (χ3n) is 1.02. The Bertz CT molecular complexity index is 209. The average molecular weight is 183 g/mol. The van der Waals surface area contributed by atoms with Crippen LogP contribution in [0.25, 0.3) is 0 Å². The Hall–Kier alpha value is -1.35. The summed E-state index contributed by atoms with van der Waals surface area (Å²) in [5, 5.41) is 8.38. The maximum absolute atomic E-state index is 10.2. The molecule has 1 aromatic carbocycles. The van der Waals surface area contributed by atoms with Gasteiger partial charge in [0, 0.05) is 0 Å². The molecule has 1 rings (SSSR count). The summed E-state index contributed by atoms with van der Waals surface area (Å²) in [6, 6.07) is 8.30. The third kappa shape index (κ3) is 7.03. The highest BCUT2D eigenvalue weighted by Crippen LogP contribution is 1.96. The lowest BCUT2D eigenvalue weighted by Crippen LogP contribution is -1.93. The fourth-order valence-electron chi connectivity index (χ4n) is 0.581. The highest BCUT2D eigenvalue weighted by atomic mass is 16.4. The summed E-state index contributed by atoms with van der Waals surface area (Å²) in [5.74, 6) is -0.879. The van der Waals surface area contributed by atoms with E-state index in [9.17, 15) is 4.79 Å². The van der Waals surface area contributed by atoms with E-state index in [1.54, 1.807) is 30.3 Å². The number of nitrogens with two attached hydrogens (primary N) is 1. The zero-order valence-corrected chi connectivity index (χ0v) is 8.32. The molecule has 0 saturated heterocycles. The lowest BCUT2D eigenvalue weighted by Gasteiger charge is -1.88. The van der Waals surface area contributed by atoms with E-state index in [4.69, 9.17) is 5.11 Å². The standard InChI is InChI=1S/C7H6O2.C2H6.CH5N/c8-7(9)6-4-2-1-3-5-6;2*1-2/h1-5H,(H,8,9);1-2H3;2H2,1H3. The predicted octanol–water partition coefficient (Wildman–Crippen LogP) is 1.99. The van der Waals surface area contributed by atoms with E-state index in [0.717, 1.165) is 0 Å². The van der Waals surface area contributed by atoms with Crippen LogP contribution in [0.2, 0.25) is 0 Å². The van der Waals surface area contributed by atoms with Gasteiger partial charge in [0.25, 0.3) is 0 Å². The van der Waals surface area contributed by atoms with Gasteiger partial charge in [-0.05, 0) is 19.2 Å².